The summed E-state index contributed by atoms with van der Waals surface area (Å²) in [5.74, 6) is 1.50. The lowest BCUT2D eigenvalue weighted by Crippen LogP contribution is -3.61. The Balaban J connectivity index is 1.11. The second-order valence-corrected chi connectivity index (χ2v) is 19.8. The Morgan fingerprint density at radius 3 is 1.71 bits per heavy atom. The van der Waals surface area contributed by atoms with E-state index in [1.165, 1.54) is 12.7 Å². The molecule has 1 heterocycles. The highest BCUT2D eigenvalue weighted by atomic mass is 127. The van der Waals surface area contributed by atoms with Gasteiger partial charge in [-0.25, -0.2) is 4.79 Å². The SMILES string of the molecule is CCc1cc(Cc2cc(Cc3cc(C)cc(C)c3OCC(O)COC(=O)COc3ccc([I+]c4ccc(C)cc4)cc3)cc(C)c2OCC(O)COC(=O)CCO)cc(C)c1OCC1CO1. The minimum Gasteiger partial charge on any atom is -0.490 e. The summed E-state index contributed by atoms with van der Waals surface area (Å²) < 4.78 is 42.8. The summed E-state index contributed by atoms with van der Waals surface area (Å²) >= 11 is -0.319. The van der Waals surface area contributed by atoms with Crippen molar-refractivity contribution in [2.75, 3.05) is 52.9 Å². The summed E-state index contributed by atoms with van der Waals surface area (Å²) in [6.07, 6.45) is -0.360. The van der Waals surface area contributed by atoms with E-state index in [0.29, 0.717) is 36.7 Å². The van der Waals surface area contributed by atoms with E-state index in [-0.39, 0.29) is 73.4 Å². The molecule has 352 valence electrons. The molecule has 0 amide bonds. The predicted octanol–water partition coefficient (Wildman–Crippen LogP) is 3.91. The highest BCUT2D eigenvalue weighted by Gasteiger charge is 2.25. The summed E-state index contributed by atoms with van der Waals surface area (Å²) in [6.45, 7) is 12.1. The Hall–Kier alpha value is -5.19. The van der Waals surface area contributed by atoms with Crippen molar-refractivity contribution in [1.29, 1.82) is 0 Å². The number of esters is 2. The van der Waals surface area contributed by atoms with Crippen LogP contribution in [0.3, 0.4) is 0 Å². The molecule has 1 fully saturated rings. The zero-order valence-corrected chi connectivity index (χ0v) is 40.9. The second kappa shape index (κ2) is 24.5. The van der Waals surface area contributed by atoms with Crippen molar-refractivity contribution in [2.45, 2.75) is 85.5 Å². The van der Waals surface area contributed by atoms with Crippen molar-refractivity contribution in [1.82, 2.24) is 0 Å². The molecule has 1 saturated heterocycles. The zero-order chi connectivity index (χ0) is 47.2. The smallest absolute Gasteiger partial charge is 0.357 e. The molecule has 12 nitrogen and oxygen atoms in total. The fraction of sp³-hybridized carbons (Fsp3) is 0.396. The monoisotopic (exact) mass is 1020 g/mol. The van der Waals surface area contributed by atoms with Gasteiger partial charge in [0, 0.05) is 12.8 Å². The van der Waals surface area contributed by atoms with E-state index < -0.39 is 24.1 Å². The number of aryl methyl sites for hydroxylation is 6. The summed E-state index contributed by atoms with van der Waals surface area (Å²) in [4.78, 5) is 24.4. The summed E-state index contributed by atoms with van der Waals surface area (Å²) in [5.41, 5.74) is 10.1. The van der Waals surface area contributed by atoms with E-state index in [9.17, 15) is 19.8 Å². The van der Waals surface area contributed by atoms with Crippen LogP contribution in [0.25, 0.3) is 0 Å². The molecule has 1 aliphatic heterocycles. The van der Waals surface area contributed by atoms with Crippen molar-refractivity contribution in [3.8, 4) is 23.0 Å². The highest BCUT2D eigenvalue weighted by molar-refractivity contribution is 5.71. The van der Waals surface area contributed by atoms with Gasteiger partial charge in [-0.15, -0.1) is 0 Å². The van der Waals surface area contributed by atoms with Crippen LogP contribution in [0.15, 0.2) is 84.9 Å². The number of aliphatic hydroxyl groups excluding tert-OH is 3. The van der Waals surface area contributed by atoms with Crippen molar-refractivity contribution in [3.05, 3.63) is 148 Å². The Kier molecular flexibility index (Phi) is 18.7. The fourth-order valence-corrected chi connectivity index (χ4v) is 9.68. The van der Waals surface area contributed by atoms with Gasteiger partial charge < -0.3 is 48.5 Å². The van der Waals surface area contributed by atoms with Gasteiger partial charge >= 0.3 is 33.1 Å². The molecular formula is C53H62IO12+. The van der Waals surface area contributed by atoms with Crippen LogP contribution < -0.4 is 40.2 Å². The molecule has 0 saturated carbocycles. The van der Waals surface area contributed by atoms with Crippen LogP contribution >= 0.6 is 0 Å². The molecule has 0 aliphatic carbocycles. The van der Waals surface area contributed by atoms with Crippen LogP contribution in [-0.2, 0) is 43.1 Å². The summed E-state index contributed by atoms with van der Waals surface area (Å²) in [6, 6.07) is 28.8. The van der Waals surface area contributed by atoms with Crippen molar-refractivity contribution >= 4 is 11.9 Å². The number of carbonyl (C=O) groups is 2. The van der Waals surface area contributed by atoms with Gasteiger partial charge in [0.2, 0.25) is 0 Å². The minimum absolute atomic E-state index is 0.0994. The third-order valence-electron chi connectivity index (χ3n) is 10.7. The van der Waals surface area contributed by atoms with Crippen LogP contribution in [0.2, 0.25) is 0 Å². The minimum atomic E-state index is -1.08. The third-order valence-corrected chi connectivity index (χ3v) is 13.4. The molecule has 0 bridgehead atoms. The maximum Gasteiger partial charge on any atom is 0.357 e. The summed E-state index contributed by atoms with van der Waals surface area (Å²) in [7, 11) is 0. The topological polar surface area (TPSA) is 163 Å². The normalized spacial score (nSPS) is 14.0. The van der Waals surface area contributed by atoms with Crippen LogP contribution in [0.5, 0.6) is 23.0 Å². The molecule has 0 spiro atoms. The van der Waals surface area contributed by atoms with Crippen LogP contribution in [-0.4, -0.2) is 98.4 Å². The largest absolute Gasteiger partial charge is 0.490 e. The maximum atomic E-state index is 12.6. The molecule has 13 heteroatoms. The molecule has 6 rings (SSSR count). The zero-order valence-electron chi connectivity index (χ0n) is 38.7. The third kappa shape index (κ3) is 15.4. The van der Waals surface area contributed by atoms with Gasteiger partial charge in [0.05, 0.1) is 19.6 Å². The van der Waals surface area contributed by atoms with E-state index in [1.807, 2.05) is 64.1 Å². The number of benzene rings is 5. The maximum absolute atomic E-state index is 12.6. The van der Waals surface area contributed by atoms with E-state index in [1.54, 1.807) is 0 Å². The van der Waals surface area contributed by atoms with Gasteiger partial charge in [-0.05, 0) is 122 Å². The van der Waals surface area contributed by atoms with Gasteiger partial charge in [0.15, 0.2) is 13.7 Å². The lowest BCUT2D eigenvalue weighted by Gasteiger charge is -2.21. The van der Waals surface area contributed by atoms with Crippen molar-refractivity contribution in [3.63, 3.8) is 0 Å². The molecule has 66 heavy (non-hydrogen) atoms. The van der Waals surface area contributed by atoms with Crippen LogP contribution in [0, 0.1) is 41.8 Å². The quantitative estimate of drug-likeness (QED) is 0.0440. The van der Waals surface area contributed by atoms with Gasteiger partial charge in [-0.2, -0.15) is 0 Å². The number of ether oxygens (including phenoxy) is 7. The van der Waals surface area contributed by atoms with E-state index >= 15 is 0 Å². The second-order valence-electron chi connectivity index (χ2n) is 16.7. The van der Waals surface area contributed by atoms with Crippen molar-refractivity contribution < 1.29 is 79.3 Å². The van der Waals surface area contributed by atoms with Gasteiger partial charge in [-0.3, -0.25) is 4.79 Å². The number of hydrogen-bond donors (Lipinski definition) is 3. The molecule has 3 N–H and O–H groups in total. The highest BCUT2D eigenvalue weighted by Crippen LogP contribution is 2.34. The first-order chi connectivity index (χ1) is 31.8. The van der Waals surface area contributed by atoms with E-state index in [0.717, 1.165) is 68.8 Å². The number of epoxide rings is 1. The Morgan fingerprint density at radius 2 is 1.15 bits per heavy atom. The number of hydrogen-bond acceptors (Lipinski definition) is 12. The number of halogens is 1. The number of aliphatic hydroxyl groups is 3. The molecule has 5 aromatic carbocycles. The lowest BCUT2D eigenvalue weighted by molar-refractivity contribution is -0.597. The van der Waals surface area contributed by atoms with E-state index in [2.05, 4.69) is 62.4 Å². The van der Waals surface area contributed by atoms with Gasteiger partial charge in [0.25, 0.3) is 0 Å². The fourth-order valence-electron chi connectivity index (χ4n) is 7.52. The first-order valence-electron chi connectivity index (χ1n) is 22.3. The molecule has 0 radical (unpaired) electrons. The molecule has 3 atom stereocenters. The first-order valence-corrected chi connectivity index (χ1v) is 24.5. The van der Waals surface area contributed by atoms with Gasteiger partial charge in [0.1, 0.15) is 74.3 Å². The van der Waals surface area contributed by atoms with Crippen molar-refractivity contribution in [2.24, 2.45) is 0 Å². The molecule has 3 unspecified atom stereocenters. The van der Waals surface area contributed by atoms with Crippen LogP contribution in [0.4, 0.5) is 0 Å². The van der Waals surface area contributed by atoms with E-state index in [4.69, 9.17) is 38.3 Å². The average Bonchev–Trinajstić information content (AvgIpc) is 4.12. The Morgan fingerprint density at radius 1 is 0.636 bits per heavy atom. The molecule has 0 aromatic heterocycles. The number of rotatable bonds is 25. The summed E-state index contributed by atoms with van der Waals surface area (Å²) in [5, 5.41) is 30.6. The van der Waals surface area contributed by atoms with Gasteiger partial charge in [-0.1, -0.05) is 66.6 Å². The Bertz CT molecular complexity index is 2390. The predicted molar refractivity (Wildman–Crippen MR) is 246 cm³/mol. The number of carbonyl (C=O) groups excluding carboxylic acids is 2. The Labute approximate surface area is 398 Å². The average molecular weight is 1020 g/mol. The molecule has 1 aliphatic rings. The standard InChI is InChI=1S/C53H62IO12/c1-7-40-22-38(20-36(5)51(40)66-31-48-30-60-48)24-42-25-39(21-37(6)53(42)65-28-45(56)26-62-49(58)16-17-55)23-41-19-34(3)18-35(4)52(41)64-29-46(57)27-63-50(59)32-61-47-14-12-44(13-15-47)54-43-10-8-33(2)9-11-43/h8-15,18-22,25,45-46,48,55-57H,7,16-17,23-24,26-32H2,1-6H3/q+1. The molecule has 5 aromatic rings. The lowest BCUT2D eigenvalue weighted by atomic mass is 9.92. The van der Waals surface area contributed by atoms with Crippen LogP contribution in [0.1, 0.15) is 69.0 Å². The molecular weight excluding hydrogens is 955 g/mol. The first kappa shape index (κ1) is 50.2.